The molecular formula is C17H23NO2S. The largest absolute Gasteiger partial charge is 0.315 e. The Hall–Kier alpha value is -1.39. The van der Waals surface area contributed by atoms with Crippen molar-refractivity contribution in [2.24, 2.45) is 0 Å². The normalized spacial score (nSPS) is 14.3. The molecule has 3 nitrogen and oxygen atoms in total. The lowest BCUT2D eigenvalue weighted by molar-refractivity contribution is 0.431. The summed E-state index contributed by atoms with van der Waals surface area (Å²) < 4.78 is 23.3. The SMILES string of the molecule is CNC(Cc1cccc2ccccc12)C(C)(C)S(C)(=O)=O. The van der Waals surface area contributed by atoms with Crippen molar-refractivity contribution in [3.8, 4) is 0 Å². The molecule has 0 aliphatic rings. The average Bonchev–Trinajstić information content (AvgIpc) is 2.43. The molecule has 0 aliphatic heterocycles. The van der Waals surface area contributed by atoms with Crippen LogP contribution < -0.4 is 5.32 Å². The molecular weight excluding hydrogens is 282 g/mol. The Labute approximate surface area is 127 Å². The van der Waals surface area contributed by atoms with Crippen molar-refractivity contribution in [1.82, 2.24) is 5.32 Å². The van der Waals surface area contributed by atoms with E-state index in [1.807, 2.05) is 25.2 Å². The standard InChI is InChI=1S/C17H23NO2S/c1-17(2,21(4,19)20)16(18-3)12-14-10-7-9-13-8-5-6-11-15(13)14/h5-11,16,18H,12H2,1-4H3. The van der Waals surface area contributed by atoms with Crippen LogP contribution in [0, 0.1) is 0 Å². The molecule has 1 N–H and O–H groups in total. The quantitative estimate of drug-likeness (QED) is 0.924. The van der Waals surface area contributed by atoms with Crippen LogP contribution >= 0.6 is 0 Å². The van der Waals surface area contributed by atoms with Gasteiger partial charge in [0.25, 0.3) is 0 Å². The Bertz CT molecular complexity index is 730. The van der Waals surface area contributed by atoms with Gasteiger partial charge in [0.2, 0.25) is 0 Å². The number of hydrogen-bond acceptors (Lipinski definition) is 3. The molecule has 2 rings (SSSR count). The van der Waals surface area contributed by atoms with Crippen LogP contribution in [0.2, 0.25) is 0 Å². The second-order valence-corrected chi connectivity index (χ2v) is 8.66. The van der Waals surface area contributed by atoms with Crippen molar-refractivity contribution >= 4 is 20.6 Å². The average molecular weight is 305 g/mol. The van der Waals surface area contributed by atoms with Gasteiger partial charge in [0.05, 0.1) is 4.75 Å². The Morgan fingerprint density at radius 1 is 1.10 bits per heavy atom. The van der Waals surface area contributed by atoms with Gasteiger partial charge in [0.1, 0.15) is 0 Å². The molecule has 0 heterocycles. The molecule has 0 saturated heterocycles. The lowest BCUT2D eigenvalue weighted by Crippen LogP contribution is -2.51. The Kier molecular flexibility index (Phi) is 4.40. The summed E-state index contributed by atoms with van der Waals surface area (Å²) >= 11 is 0. The molecule has 0 amide bonds. The predicted octanol–water partition coefficient (Wildman–Crippen LogP) is 2.79. The lowest BCUT2D eigenvalue weighted by Gasteiger charge is -2.32. The van der Waals surface area contributed by atoms with E-state index in [4.69, 9.17) is 0 Å². The lowest BCUT2D eigenvalue weighted by atomic mass is 9.92. The van der Waals surface area contributed by atoms with Gasteiger partial charge < -0.3 is 5.32 Å². The highest BCUT2D eigenvalue weighted by molar-refractivity contribution is 7.92. The summed E-state index contributed by atoms with van der Waals surface area (Å²) in [6.45, 7) is 3.57. The molecule has 0 bridgehead atoms. The van der Waals surface area contributed by atoms with Crippen molar-refractivity contribution in [2.45, 2.75) is 31.1 Å². The van der Waals surface area contributed by atoms with Crippen LogP contribution in [0.25, 0.3) is 10.8 Å². The molecule has 2 aromatic rings. The van der Waals surface area contributed by atoms with Gasteiger partial charge in [-0.2, -0.15) is 0 Å². The van der Waals surface area contributed by atoms with Crippen molar-refractivity contribution in [3.05, 3.63) is 48.0 Å². The minimum absolute atomic E-state index is 0.140. The molecule has 1 atom stereocenters. The van der Waals surface area contributed by atoms with E-state index in [-0.39, 0.29) is 6.04 Å². The van der Waals surface area contributed by atoms with Crippen LogP contribution in [-0.4, -0.2) is 32.5 Å². The maximum absolute atomic E-state index is 12.1. The summed E-state index contributed by atoms with van der Waals surface area (Å²) in [4.78, 5) is 0. The van der Waals surface area contributed by atoms with Gasteiger partial charge in [0, 0.05) is 12.3 Å². The van der Waals surface area contributed by atoms with Gasteiger partial charge >= 0.3 is 0 Å². The van der Waals surface area contributed by atoms with E-state index in [9.17, 15) is 8.42 Å². The van der Waals surface area contributed by atoms with Crippen LogP contribution in [0.5, 0.6) is 0 Å². The second-order valence-electron chi connectivity index (χ2n) is 6.06. The molecule has 21 heavy (non-hydrogen) atoms. The third-order valence-corrected chi connectivity index (χ3v) is 6.64. The fraction of sp³-hybridized carbons (Fsp3) is 0.412. The molecule has 114 valence electrons. The first kappa shape index (κ1) is 16.0. The molecule has 0 aromatic heterocycles. The molecule has 0 fully saturated rings. The number of nitrogens with one attached hydrogen (secondary N) is 1. The van der Waals surface area contributed by atoms with Gasteiger partial charge in [-0.15, -0.1) is 0 Å². The zero-order valence-electron chi connectivity index (χ0n) is 13.1. The third kappa shape index (κ3) is 3.11. The molecule has 1 unspecified atom stereocenters. The summed E-state index contributed by atoms with van der Waals surface area (Å²) in [6, 6.07) is 14.2. The summed E-state index contributed by atoms with van der Waals surface area (Å²) in [5.41, 5.74) is 1.17. The summed E-state index contributed by atoms with van der Waals surface area (Å²) in [5.74, 6) is 0. The van der Waals surface area contributed by atoms with E-state index in [0.29, 0.717) is 6.42 Å². The molecule has 0 spiro atoms. The van der Waals surface area contributed by atoms with E-state index in [1.54, 1.807) is 13.8 Å². The van der Waals surface area contributed by atoms with Crippen molar-refractivity contribution in [1.29, 1.82) is 0 Å². The zero-order chi connectivity index (χ0) is 15.7. The Morgan fingerprint density at radius 2 is 1.71 bits per heavy atom. The topological polar surface area (TPSA) is 46.2 Å². The Balaban J connectivity index is 2.43. The number of likely N-dealkylation sites (N-methyl/N-ethyl adjacent to an activating group) is 1. The smallest absolute Gasteiger partial charge is 0.154 e. The number of hydrogen-bond donors (Lipinski definition) is 1. The van der Waals surface area contributed by atoms with Crippen LogP contribution in [0.4, 0.5) is 0 Å². The van der Waals surface area contributed by atoms with Crippen molar-refractivity contribution in [2.75, 3.05) is 13.3 Å². The molecule has 0 aliphatic carbocycles. The minimum atomic E-state index is -3.15. The molecule has 0 saturated carbocycles. The van der Waals surface area contributed by atoms with E-state index >= 15 is 0 Å². The Morgan fingerprint density at radius 3 is 2.33 bits per heavy atom. The number of sulfone groups is 1. The van der Waals surface area contributed by atoms with Crippen LogP contribution in [0.15, 0.2) is 42.5 Å². The highest BCUT2D eigenvalue weighted by Crippen LogP contribution is 2.26. The van der Waals surface area contributed by atoms with Gasteiger partial charge in [-0.25, -0.2) is 8.42 Å². The minimum Gasteiger partial charge on any atom is -0.315 e. The molecule has 0 radical (unpaired) electrons. The highest BCUT2D eigenvalue weighted by Gasteiger charge is 2.38. The number of rotatable bonds is 5. The highest BCUT2D eigenvalue weighted by atomic mass is 32.2. The maximum Gasteiger partial charge on any atom is 0.154 e. The molecule has 2 aromatic carbocycles. The van der Waals surface area contributed by atoms with Gasteiger partial charge in [0.15, 0.2) is 9.84 Å². The van der Waals surface area contributed by atoms with Gasteiger partial charge in [-0.3, -0.25) is 0 Å². The third-order valence-electron chi connectivity index (χ3n) is 4.45. The van der Waals surface area contributed by atoms with Gasteiger partial charge in [-0.1, -0.05) is 42.5 Å². The van der Waals surface area contributed by atoms with E-state index < -0.39 is 14.6 Å². The maximum atomic E-state index is 12.1. The van der Waals surface area contributed by atoms with Crippen LogP contribution in [0.3, 0.4) is 0 Å². The van der Waals surface area contributed by atoms with E-state index in [1.165, 1.54) is 22.6 Å². The second kappa shape index (κ2) is 5.78. The van der Waals surface area contributed by atoms with E-state index in [2.05, 4.69) is 29.6 Å². The number of benzene rings is 2. The summed E-state index contributed by atoms with van der Waals surface area (Å²) in [5, 5.41) is 5.55. The van der Waals surface area contributed by atoms with Crippen molar-refractivity contribution < 1.29 is 8.42 Å². The van der Waals surface area contributed by atoms with Crippen molar-refractivity contribution in [3.63, 3.8) is 0 Å². The van der Waals surface area contributed by atoms with E-state index in [0.717, 1.165) is 0 Å². The molecule has 4 heteroatoms. The first-order chi connectivity index (χ1) is 9.77. The first-order valence-electron chi connectivity index (χ1n) is 7.11. The number of fused-ring (bicyclic) bond motifs is 1. The zero-order valence-corrected chi connectivity index (χ0v) is 13.9. The fourth-order valence-corrected chi connectivity index (χ4v) is 3.36. The first-order valence-corrected chi connectivity index (χ1v) is 9.00. The summed E-state index contributed by atoms with van der Waals surface area (Å²) in [6.07, 6.45) is 1.98. The monoisotopic (exact) mass is 305 g/mol. The predicted molar refractivity (Wildman–Crippen MR) is 89.4 cm³/mol. The van der Waals surface area contributed by atoms with Crippen LogP contribution in [-0.2, 0) is 16.3 Å². The summed E-state index contributed by atoms with van der Waals surface area (Å²) in [7, 11) is -1.33. The fourth-order valence-electron chi connectivity index (χ4n) is 2.64. The van der Waals surface area contributed by atoms with Gasteiger partial charge in [-0.05, 0) is 43.7 Å². The van der Waals surface area contributed by atoms with Crippen LogP contribution in [0.1, 0.15) is 19.4 Å².